The van der Waals surface area contributed by atoms with Crippen LogP contribution in [0, 0.1) is 0 Å². The molecule has 188 valence electrons. The molecule has 1 heterocycles. The fourth-order valence-electron chi connectivity index (χ4n) is 2.71. The van der Waals surface area contributed by atoms with Crippen molar-refractivity contribution in [2.24, 2.45) is 5.73 Å². The van der Waals surface area contributed by atoms with Gasteiger partial charge in [-0.15, -0.1) is 0 Å². The van der Waals surface area contributed by atoms with E-state index in [0.717, 1.165) is 6.42 Å². The molecule has 4 N–H and O–H groups in total. The van der Waals surface area contributed by atoms with E-state index >= 15 is 0 Å². The molecule has 1 aliphatic rings. The van der Waals surface area contributed by atoms with Gasteiger partial charge in [0.25, 0.3) is 5.91 Å². The van der Waals surface area contributed by atoms with Crippen molar-refractivity contribution in [1.82, 2.24) is 15.5 Å². The second-order valence-electron chi connectivity index (χ2n) is 7.40. The number of nitrogens with one attached hydrogen (secondary N) is 2. The minimum atomic E-state index is -0.372. The Labute approximate surface area is 195 Å². The van der Waals surface area contributed by atoms with E-state index in [1.165, 1.54) is 11.0 Å². The minimum absolute atomic E-state index is 0.141. The van der Waals surface area contributed by atoms with E-state index in [1.807, 2.05) is 6.92 Å². The molecule has 1 rings (SSSR count). The molecule has 11 heteroatoms. The molecule has 0 aromatic heterocycles. The lowest BCUT2D eigenvalue weighted by atomic mass is 10.2. The van der Waals surface area contributed by atoms with E-state index in [1.54, 1.807) is 6.08 Å². The molecule has 1 aliphatic heterocycles. The Hall–Kier alpha value is -2.31. The average Bonchev–Trinajstić information content (AvgIpc) is 3.10. The van der Waals surface area contributed by atoms with Crippen LogP contribution in [0.5, 0.6) is 0 Å². The van der Waals surface area contributed by atoms with Crippen molar-refractivity contribution in [3.8, 4) is 0 Å². The lowest BCUT2D eigenvalue weighted by Gasteiger charge is -2.16. The van der Waals surface area contributed by atoms with Gasteiger partial charge in [-0.1, -0.05) is 6.58 Å². The summed E-state index contributed by atoms with van der Waals surface area (Å²) in [6.07, 6.45) is 4.08. The maximum absolute atomic E-state index is 11.8. The number of carbonyl (C=O) groups is 3. The van der Waals surface area contributed by atoms with Gasteiger partial charge in [-0.25, -0.2) is 0 Å². The van der Waals surface area contributed by atoms with Crippen LogP contribution in [0.3, 0.4) is 0 Å². The van der Waals surface area contributed by atoms with Crippen LogP contribution in [0.2, 0.25) is 0 Å². The molecule has 0 fully saturated rings. The molecule has 1 unspecified atom stereocenters. The van der Waals surface area contributed by atoms with Crippen molar-refractivity contribution in [3.05, 3.63) is 24.4 Å². The Kier molecular flexibility index (Phi) is 15.8. The predicted molar refractivity (Wildman–Crippen MR) is 122 cm³/mol. The maximum atomic E-state index is 11.8. The van der Waals surface area contributed by atoms with E-state index < -0.39 is 0 Å². The lowest BCUT2D eigenvalue weighted by Crippen LogP contribution is -2.35. The summed E-state index contributed by atoms with van der Waals surface area (Å²) in [5.74, 6) is -0.659. The fraction of sp³-hybridized carbons (Fsp3) is 0.682. The zero-order chi connectivity index (χ0) is 24.3. The Morgan fingerprint density at radius 3 is 2.12 bits per heavy atom. The highest BCUT2D eigenvalue weighted by Gasteiger charge is 2.18. The van der Waals surface area contributed by atoms with Crippen LogP contribution in [0.25, 0.3) is 0 Å². The monoisotopic (exact) mass is 470 g/mol. The summed E-state index contributed by atoms with van der Waals surface area (Å²) in [6, 6.07) is 0.163. The van der Waals surface area contributed by atoms with E-state index in [-0.39, 0.29) is 36.7 Å². The topological polar surface area (TPSA) is 141 Å². The number of allylic oxidation sites excluding steroid dienone is 1. The summed E-state index contributed by atoms with van der Waals surface area (Å²) >= 11 is 0. The molecule has 0 saturated carbocycles. The number of nitrogens with zero attached hydrogens (tertiary/aromatic N) is 1. The number of hydrogen-bond acceptors (Lipinski definition) is 8. The minimum Gasteiger partial charge on any atom is -0.379 e. The largest absolute Gasteiger partial charge is 0.379 e. The van der Waals surface area contributed by atoms with Crippen LogP contribution in [-0.2, 0) is 33.3 Å². The van der Waals surface area contributed by atoms with Crippen LogP contribution in [0.4, 0.5) is 0 Å². The molecule has 0 radical (unpaired) electrons. The van der Waals surface area contributed by atoms with Gasteiger partial charge in [-0.2, -0.15) is 0 Å². The van der Waals surface area contributed by atoms with Gasteiger partial charge in [0.2, 0.25) is 11.8 Å². The highest BCUT2D eigenvalue weighted by molar-refractivity contribution is 5.93. The Morgan fingerprint density at radius 1 is 1.00 bits per heavy atom. The highest BCUT2D eigenvalue weighted by atomic mass is 16.6. The molecule has 11 nitrogen and oxygen atoms in total. The average molecular weight is 471 g/mol. The first-order valence-corrected chi connectivity index (χ1v) is 11.2. The third kappa shape index (κ3) is 15.2. The number of nitrogens with two attached hydrogens (primary N) is 1. The van der Waals surface area contributed by atoms with Crippen LogP contribution >= 0.6 is 0 Å². The van der Waals surface area contributed by atoms with Gasteiger partial charge in [0.05, 0.1) is 52.8 Å². The van der Waals surface area contributed by atoms with Crippen LogP contribution in [0.1, 0.15) is 19.8 Å². The molecule has 0 saturated heterocycles. The molecule has 1 atom stereocenters. The first-order valence-electron chi connectivity index (χ1n) is 11.2. The number of ether oxygens (including phenoxy) is 4. The van der Waals surface area contributed by atoms with Crippen molar-refractivity contribution in [3.63, 3.8) is 0 Å². The summed E-state index contributed by atoms with van der Waals surface area (Å²) < 4.78 is 21.7. The zero-order valence-corrected chi connectivity index (χ0v) is 19.5. The van der Waals surface area contributed by atoms with Crippen molar-refractivity contribution in [2.45, 2.75) is 25.8 Å². The molecule has 33 heavy (non-hydrogen) atoms. The first kappa shape index (κ1) is 28.7. The van der Waals surface area contributed by atoms with Gasteiger partial charge in [-0.3, -0.25) is 14.4 Å². The summed E-state index contributed by atoms with van der Waals surface area (Å²) in [4.78, 5) is 35.5. The summed E-state index contributed by atoms with van der Waals surface area (Å²) in [6.45, 7) is 10.3. The molecule has 0 aliphatic carbocycles. The highest BCUT2D eigenvalue weighted by Crippen LogP contribution is 2.12. The fourth-order valence-corrected chi connectivity index (χ4v) is 2.71. The summed E-state index contributed by atoms with van der Waals surface area (Å²) in [5, 5.41) is 5.75. The van der Waals surface area contributed by atoms with Crippen molar-refractivity contribution < 1.29 is 33.3 Å². The van der Waals surface area contributed by atoms with Gasteiger partial charge >= 0.3 is 0 Å². The zero-order valence-electron chi connectivity index (χ0n) is 19.5. The van der Waals surface area contributed by atoms with E-state index in [4.69, 9.17) is 24.7 Å². The maximum Gasteiger partial charge on any atom is 0.251 e. The quantitative estimate of drug-likeness (QED) is 0.188. The molecule has 0 bridgehead atoms. The summed E-state index contributed by atoms with van der Waals surface area (Å²) in [5.41, 5.74) is 5.67. The Bertz CT molecular complexity index is 624. The SMILES string of the molecule is C=C1C=CC(=O)N1CCC(=O)NCCOCCOCCOCCOCCC(C)NCC(N)=O. The van der Waals surface area contributed by atoms with E-state index in [9.17, 15) is 14.4 Å². The normalized spacial score (nSPS) is 14.2. The number of hydrogen-bond donors (Lipinski definition) is 3. The molecule has 0 aromatic rings. The lowest BCUT2D eigenvalue weighted by molar-refractivity contribution is -0.125. The van der Waals surface area contributed by atoms with Crippen molar-refractivity contribution >= 4 is 17.7 Å². The second-order valence-corrected chi connectivity index (χ2v) is 7.40. The molecular formula is C22H38N4O7. The number of primary amides is 1. The number of rotatable bonds is 21. The van der Waals surface area contributed by atoms with Gasteiger partial charge in [0, 0.05) is 43.9 Å². The predicted octanol–water partition coefficient (Wildman–Crippen LogP) is -0.675. The van der Waals surface area contributed by atoms with Gasteiger partial charge in [0.1, 0.15) is 0 Å². The van der Waals surface area contributed by atoms with E-state index in [0.29, 0.717) is 71.6 Å². The number of carbonyl (C=O) groups excluding carboxylic acids is 3. The Balaban J connectivity index is 1.78. The molecule has 3 amide bonds. The van der Waals surface area contributed by atoms with Gasteiger partial charge < -0.3 is 40.2 Å². The van der Waals surface area contributed by atoms with Crippen LogP contribution < -0.4 is 16.4 Å². The second kappa shape index (κ2) is 18.2. The molecule has 0 aromatic carbocycles. The first-order chi connectivity index (χ1) is 15.9. The van der Waals surface area contributed by atoms with Crippen LogP contribution in [0.15, 0.2) is 24.4 Å². The molecule has 0 spiro atoms. The third-order valence-electron chi connectivity index (χ3n) is 4.60. The third-order valence-corrected chi connectivity index (χ3v) is 4.60. The van der Waals surface area contributed by atoms with E-state index in [2.05, 4.69) is 17.2 Å². The smallest absolute Gasteiger partial charge is 0.251 e. The number of amides is 3. The summed E-state index contributed by atoms with van der Waals surface area (Å²) in [7, 11) is 0. The van der Waals surface area contributed by atoms with Gasteiger partial charge in [0.15, 0.2) is 0 Å². The van der Waals surface area contributed by atoms with Crippen LogP contribution in [-0.4, -0.2) is 101 Å². The standard InChI is InChI=1S/C22H38N4O7/c1-18(25-17-20(23)27)6-9-30-11-13-32-15-16-33-14-12-31-10-7-24-21(28)5-8-26-19(2)3-4-22(26)29/h3-4,18,25H,2,5-17H2,1H3,(H2,23,27)(H,24,28). The Morgan fingerprint density at radius 2 is 1.58 bits per heavy atom. The molecular weight excluding hydrogens is 432 g/mol. The van der Waals surface area contributed by atoms with Crippen molar-refractivity contribution in [1.29, 1.82) is 0 Å². The van der Waals surface area contributed by atoms with Crippen molar-refractivity contribution in [2.75, 3.05) is 72.5 Å². The van der Waals surface area contributed by atoms with Gasteiger partial charge in [-0.05, 0) is 19.4 Å².